The Balaban J connectivity index is 1.89. The van der Waals surface area contributed by atoms with Gasteiger partial charge >= 0.3 is 11.9 Å². The molecule has 0 saturated carbocycles. The zero-order valence-electron chi connectivity index (χ0n) is 21.9. The molecule has 0 amide bonds. The molecule has 2 aromatic carbocycles. The van der Waals surface area contributed by atoms with Crippen molar-refractivity contribution < 1.29 is 23.8 Å². The van der Waals surface area contributed by atoms with E-state index in [9.17, 15) is 9.59 Å². The molecule has 0 saturated heterocycles. The highest BCUT2D eigenvalue weighted by Crippen LogP contribution is 2.25. The summed E-state index contributed by atoms with van der Waals surface area (Å²) in [4.78, 5) is 24.0. The number of allylic oxidation sites excluding steroid dienone is 3. The predicted octanol–water partition coefficient (Wildman–Crippen LogP) is 7.57. The van der Waals surface area contributed by atoms with E-state index in [2.05, 4.69) is 37.8 Å². The molecule has 1 unspecified atom stereocenters. The Morgan fingerprint density at radius 2 is 1.58 bits per heavy atom. The first-order chi connectivity index (χ1) is 17.4. The Morgan fingerprint density at radius 3 is 2.17 bits per heavy atom. The molecule has 2 rings (SSSR count). The molecule has 192 valence electrons. The second-order valence-corrected chi connectivity index (χ2v) is 8.77. The molecule has 36 heavy (non-hydrogen) atoms. The molecular weight excluding hydrogens is 452 g/mol. The van der Waals surface area contributed by atoms with Gasteiger partial charge in [-0.05, 0) is 87.3 Å². The quantitative estimate of drug-likeness (QED) is 0.118. The smallest absolute Gasteiger partial charge is 0.338 e. The Kier molecular flexibility index (Phi) is 12.3. The number of esters is 2. The highest BCUT2D eigenvalue weighted by Gasteiger charge is 2.14. The average Bonchev–Trinajstić information content (AvgIpc) is 2.91. The summed E-state index contributed by atoms with van der Waals surface area (Å²) in [6.07, 6.45) is 8.82. The third-order valence-electron chi connectivity index (χ3n) is 6.17. The average molecular weight is 491 g/mol. The second kappa shape index (κ2) is 15.4. The van der Waals surface area contributed by atoms with Crippen molar-refractivity contribution in [1.82, 2.24) is 0 Å². The molecule has 0 bridgehead atoms. The highest BCUT2D eigenvalue weighted by atomic mass is 16.5. The zero-order valence-corrected chi connectivity index (χ0v) is 21.9. The number of benzene rings is 2. The van der Waals surface area contributed by atoms with Gasteiger partial charge in [0.1, 0.15) is 0 Å². The molecule has 0 spiro atoms. The Hall–Kier alpha value is -3.60. The maximum absolute atomic E-state index is 12.5. The van der Waals surface area contributed by atoms with Crippen LogP contribution in [0.2, 0.25) is 0 Å². The van der Waals surface area contributed by atoms with Crippen LogP contribution in [-0.4, -0.2) is 25.7 Å². The summed E-state index contributed by atoms with van der Waals surface area (Å²) >= 11 is 0. The topological polar surface area (TPSA) is 61.8 Å². The van der Waals surface area contributed by atoms with Crippen molar-refractivity contribution in [1.29, 1.82) is 0 Å². The first kappa shape index (κ1) is 28.6. The molecule has 0 aliphatic heterocycles. The van der Waals surface area contributed by atoms with Gasteiger partial charge in [-0.25, -0.2) is 9.59 Å². The van der Waals surface area contributed by atoms with E-state index in [4.69, 9.17) is 14.2 Å². The summed E-state index contributed by atoms with van der Waals surface area (Å²) in [7, 11) is 1.68. The van der Waals surface area contributed by atoms with Crippen LogP contribution in [0.25, 0.3) is 11.1 Å². The van der Waals surface area contributed by atoms with E-state index in [1.54, 1.807) is 19.2 Å². The van der Waals surface area contributed by atoms with Crippen molar-refractivity contribution in [2.24, 2.45) is 5.92 Å². The number of methoxy groups -OCH3 is 1. The van der Waals surface area contributed by atoms with Gasteiger partial charge in [0.25, 0.3) is 0 Å². The van der Waals surface area contributed by atoms with Crippen LogP contribution in [0.3, 0.4) is 0 Å². The van der Waals surface area contributed by atoms with Gasteiger partial charge in [-0.3, -0.25) is 0 Å². The Morgan fingerprint density at radius 1 is 0.972 bits per heavy atom. The number of ether oxygens (including phenoxy) is 3. The molecule has 0 N–H and O–H groups in total. The third kappa shape index (κ3) is 9.57. The van der Waals surface area contributed by atoms with Gasteiger partial charge in [0, 0.05) is 12.5 Å². The summed E-state index contributed by atoms with van der Waals surface area (Å²) in [5, 5.41) is 0. The van der Waals surface area contributed by atoms with Crippen LogP contribution in [0.1, 0.15) is 61.9 Å². The van der Waals surface area contributed by atoms with Crippen LogP contribution >= 0.6 is 0 Å². The summed E-state index contributed by atoms with van der Waals surface area (Å²) in [5.41, 5.74) is 4.89. The number of hydrogen-bond donors (Lipinski definition) is 0. The predicted molar refractivity (Wildman–Crippen MR) is 144 cm³/mol. The molecule has 0 radical (unpaired) electrons. The first-order valence-corrected chi connectivity index (χ1v) is 12.4. The van der Waals surface area contributed by atoms with E-state index in [0.717, 1.165) is 54.2 Å². The van der Waals surface area contributed by atoms with E-state index >= 15 is 0 Å². The van der Waals surface area contributed by atoms with Crippen molar-refractivity contribution in [3.8, 4) is 11.1 Å². The van der Waals surface area contributed by atoms with Gasteiger partial charge < -0.3 is 14.2 Å². The summed E-state index contributed by atoms with van der Waals surface area (Å²) in [6, 6.07) is 15.8. The number of carbonyl (C=O) groups excluding carboxylic acids is 2. The zero-order chi connectivity index (χ0) is 26.3. The van der Waals surface area contributed by atoms with Crippen LogP contribution in [0, 0.1) is 12.8 Å². The fraction of sp³-hybridized carbons (Fsp3) is 0.355. The molecule has 1 atom stereocenters. The number of aryl methyl sites for hydroxylation is 1. The lowest BCUT2D eigenvalue weighted by Crippen LogP contribution is -2.10. The van der Waals surface area contributed by atoms with Crippen LogP contribution in [0.15, 0.2) is 84.9 Å². The molecular formula is C31H38O5. The van der Waals surface area contributed by atoms with E-state index in [-0.39, 0.29) is 11.9 Å². The number of rotatable bonds is 14. The van der Waals surface area contributed by atoms with Crippen LogP contribution in [0.5, 0.6) is 0 Å². The summed E-state index contributed by atoms with van der Waals surface area (Å²) in [6.45, 7) is 9.72. The highest BCUT2D eigenvalue weighted by molar-refractivity contribution is 5.90. The van der Waals surface area contributed by atoms with Crippen molar-refractivity contribution in [3.05, 3.63) is 96.0 Å². The molecule has 0 aromatic heterocycles. The monoisotopic (exact) mass is 490 g/mol. The van der Waals surface area contributed by atoms with Gasteiger partial charge in [-0.15, -0.1) is 0 Å². The minimum atomic E-state index is -0.481. The summed E-state index contributed by atoms with van der Waals surface area (Å²) < 4.78 is 16.0. The van der Waals surface area contributed by atoms with Crippen LogP contribution in [0.4, 0.5) is 0 Å². The van der Waals surface area contributed by atoms with Crippen molar-refractivity contribution in [3.63, 3.8) is 0 Å². The minimum Gasteiger partial charge on any atom is -0.501 e. The maximum atomic E-state index is 12.5. The molecule has 2 aromatic rings. The van der Waals surface area contributed by atoms with Crippen molar-refractivity contribution in [2.75, 3.05) is 13.7 Å². The third-order valence-corrected chi connectivity index (χ3v) is 6.17. The van der Waals surface area contributed by atoms with Crippen molar-refractivity contribution >= 4 is 11.9 Å². The molecule has 0 aliphatic rings. The lowest BCUT2D eigenvalue weighted by Gasteiger charge is -2.18. The summed E-state index contributed by atoms with van der Waals surface area (Å²) in [5.74, 6) is 0.346. The molecule has 5 nitrogen and oxygen atoms in total. The van der Waals surface area contributed by atoms with Crippen LogP contribution < -0.4 is 0 Å². The second-order valence-electron chi connectivity index (χ2n) is 8.77. The van der Waals surface area contributed by atoms with E-state index in [0.29, 0.717) is 18.6 Å². The minimum absolute atomic E-state index is 0.199. The molecule has 0 heterocycles. The van der Waals surface area contributed by atoms with Crippen LogP contribution in [-0.2, 0) is 19.0 Å². The SMILES string of the molecule is C=CC(=O)OC=C(C)C(CCCOC(=O)c1ccc(-c2ccc(C)cc2)cc1)CCC/C(=C\C)OC. The van der Waals surface area contributed by atoms with Crippen molar-refractivity contribution in [2.45, 2.75) is 52.9 Å². The molecule has 5 heteroatoms. The van der Waals surface area contributed by atoms with Gasteiger partial charge in [0.2, 0.25) is 0 Å². The lowest BCUT2D eigenvalue weighted by atomic mass is 9.90. The standard InChI is InChI=1S/C31H38O5/c1-6-29(34-5)12-8-10-25(24(4)22-36-30(32)7-2)11-9-21-35-31(33)28-19-17-27(18-20-28)26-15-13-23(3)14-16-26/h6-7,13-20,22,25H,2,8-12,21H2,1,3-5H3/b24-22?,29-6+. The van der Waals surface area contributed by atoms with E-state index < -0.39 is 5.97 Å². The Labute approximate surface area is 215 Å². The van der Waals surface area contributed by atoms with Gasteiger partial charge in [0.15, 0.2) is 0 Å². The maximum Gasteiger partial charge on any atom is 0.338 e. The first-order valence-electron chi connectivity index (χ1n) is 12.4. The van der Waals surface area contributed by atoms with Gasteiger partial charge in [-0.1, -0.05) is 48.5 Å². The van der Waals surface area contributed by atoms with E-state index in [1.165, 1.54) is 11.8 Å². The fourth-order valence-electron chi connectivity index (χ4n) is 3.90. The number of carbonyl (C=O) groups is 2. The Bertz CT molecular complexity index is 1050. The fourth-order valence-corrected chi connectivity index (χ4v) is 3.90. The molecule has 0 fully saturated rings. The normalized spacial score (nSPS) is 12.6. The largest absolute Gasteiger partial charge is 0.501 e. The van der Waals surface area contributed by atoms with E-state index in [1.807, 2.05) is 32.1 Å². The number of hydrogen-bond acceptors (Lipinski definition) is 5. The van der Waals surface area contributed by atoms with Gasteiger partial charge in [0.05, 0.1) is 31.3 Å². The van der Waals surface area contributed by atoms with Gasteiger partial charge in [-0.2, -0.15) is 0 Å². The molecule has 0 aliphatic carbocycles. The lowest BCUT2D eigenvalue weighted by molar-refractivity contribution is -0.132.